The largest absolute Gasteiger partial charge is 0.450 e. The summed E-state index contributed by atoms with van der Waals surface area (Å²) < 4.78 is 5.94. The summed E-state index contributed by atoms with van der Waals surface area (Å²) in [6.45, 7) is 0. The number of pyridine rings is 2. The Hall–Kier alpha value is -3.47. The Morgan fingerprint density at radius 2 is 1.71 bits per heavy atom. The standard InChI is InChI=1S/C19H13N3O2/c23-16-12-17(15-8-4-5-10-20-15)24-18-14(16)9-11-21-19(18)22-13-6-2-1-3-7-13/h1-12H,(H,21,22). The first kappa shape index (κ1) is 14.1. The van der Waals surface area contributed by atoms with E-state index in [0.29, 0.717) is 28.2 Å². The molecule has 3 heterocycles. The molecule has 0 bridgehead atoms. The average molecular weight is 315 g/mol. The van der Waals surface area contributed by atoms with Gasteiger partial charge in [-0.3, -0.25) is 9.78 Å². The van der Waals surface area contributed by atoms with Gasteiger partial charge in [-0.25, -0.2) is 4.98 Å². The summed E-state index contributed by atoms with van der Waals surface area (Å²) in [5.41, 5.74) is 1.75. The normalized spacial score (nSPS) is 10.7. The van der Waals surface area contributed by atoms with Crippen LogP contribution in [0.15, 0.2) is 82.3 Å². The van der Waals surface area contributed by atoms with E-state index in [1.54, 1.807) is 24.5 Å². The van der Waals surface area contributed by atoms with Crippen LogP contribution in [0, 0.1) is 0 Å². The van der Waals surface area contributed by atoms with Crippen LogP contribution < -0.4 is 10.7 Å². The lowest BCUT2D eigenvalue weighted by atomic mass is 10.2. The fraction of sp³-hybridized carbons (Fsp3) is 0. The minimum atomic E-state index is -0.129. The van der Waals surface area contributed by atoms with Crippen molar-refractivity contribution < 1.29 is 4.42 Å². The summed E-state index contributed by atoms with van der Waals surface area (Å²) in [5.74, 6) is 0.908. The van der Waals surface area contributed by atoms with Gasteiger partial charge in [0.05, 0.1) is 5.39 Å². The SMILES string of the molecule is O=c1cc(-c2ccccn2)oc2c(Nc3ccccc3)nccc12. The lowest BCUT2D eigenvalue weighted by Crippen LogP contribution is -2.03. The molecule has 0 aliphatic carbocycles. The van der Waals surface area contributed by atoms with Gasteiger partial charge in [0.1, 0.15) is 5.69 Å². The molecule has 3 aromatic heterocycles. The number of rotatable bonds is 3. The molecule has 5 nitrogen and oxygen atoms in total. The molecule has 4 rings (SSSR count). The van der Waals surface area contributed by atoms with E-state index in [-0.39, 0.29) is 5.43 Å². The molecular weight excluding hydrogens is 302 g/mol. The second-order valence-electron chi connectivity index (χ2n) is 5.22. The molecule has 116 valence electrons. The fourth-order valence-electron chi connectivity index (χ4n) is 2.46. The van der Waals surface area contributed by atoms with Crippen LogP contribution in [-0.4, -0.2) is 9.97 Å². The van der Waals surface area contributed by atoms with Crippen LogP contribution >= 0.6 is 0 Å². The van der Waals surface area contributed by atoms with Crippen molar-refractivity contribution in [1.82, 2.24) is 9.97 Å². The molecule has 5 heteroatoms. The van der Waals surface area contributed by atoms with Crippen molar-refractivity contribution in [2.45, 2.75) is 0 Å². The second-order valence-corrected chi connectivity index (χ2v) is 5.22. The van der Waals surface area contributed by atoms with Crippen LogP contribution in [0.4, 0.5) is 11.5 Å². The van der Waals surface area contributed by atoms with Gasteiger partial charge < -0.3 is 9.73 Å². The van der Waals surface area contributed by atoms with Crippen LogP contribution in [0.5, 0.6) is 0 Å². The van der Waals surface area contributed by atoms with Gasteiger partial charge in [-0.05, 0) is 30.3 Å². The minimum Gasteiger partial charge on any atom is -0.450 e. The van der Waals surface area contributed by atoms with Gasteiger partial charge in [0.25, 0.3) is 0 Å². The van der Waals surface area contributed by atoms with Crippen molar-refractivity contribution in [2.24, 2.45) is 0 Å². The van der Waals surface area contributed by atoms with Crippen LogP contribution in [-0.2, 0) is 0 Å². The third kappa shape index (κ3) is 2.63. The van der Waals surface area contributed by atoms with Gasteiger partial charge in [-0.1, -0.05) is 24.3 Å². The van der Waals surface area contributed by atoms with E-state index in [2.05, 4.69) is 15.3 Å². The number of anilines is 2. The van der Waals surface area contributed by atoms with Crippen molar-refractivity contribution in [1.29, 1.82) is 0 Å². The van der Waals surface area contributed by atoms with Crippen molar-refractivity contribution in [2.75, 3.05) is 5.32 Å². The number of hydrogen-bond donors (Lipinski definition) is 1. The number of hydrogen-bond acceptors (Lipinski definition) is 5. The smallest absolute Gasteiger partial charge is 0.193 e. The maximum absolute atomic E-state index is 12.4. The number of aromatic nitrogens is 2. The Balaban J connectivity index is 1.89. The fourth-order valence-corrected chi connectivity index (χ4v) is 2.46. The average Bonchev–Trinajstić information content (AvgIpc) is 2.64. The minimum absolute atomic E-state index is 0.129. The maximum Gasteiger partial charge on any atom is 0.193 e. The molecule has 0 aliphatic heterocycles. The molecule has 0 unspecified atom stereocenters. The Morgan fingerprint density at radius 3 is 2.50 bits per heavy atom. The lowest BCUT2D eigenvalue weighted by molar-refractivity contribution is 0.616. The molecule has 0 aliphatic rings. The summed E-state index contributed by atoms with van der Waals surface area (Å²) >= 11 is 0. The van der Waals surface area contributed by atoms with Gasteiger partial charge >= 0.3 is 0 Å². The molecule has 4 aromatic rings. The highest BCUT2D eigenvalue weighted by Gasteiger charge is 2.12. The third-order valence-electron chi connectivity index (χ3n) is 3.60. The van der Waals surface area contributed by atoms with Crippen molar-refractivity contribution in [3.8, 4) is 11.5 Å². The van der Waals surface area contributed by atoms with Gasteiger partial charge in [-0.2, -0.15) is 0 Å². The first-order valence-corrected chi connectivity index (χ1v) is 7.47. The third-order valence-corrected chi connectivity index (χ3v) is 3.60. The molecule has 0 atom stereocenters. The highest BCUT2D eigenvalue weighted by molar-refractivity contribution is 5.88. The Bertz CT molecular complexity index is 1040. The van der Waals surface area contributed by atoms with E-state index in [1.807, 2.05) is 42.5 Å². The van der Waals surface area contributed by atoms with Crippen molar-refractivity contribution >= 4 is 22.5 Å². The molecule has 1 aromatic carbocycles. The number of benzene rings is 1. The van der Waals surface area contributed by atoms with E-state index in [9.17, 15) is 4.79 Å². The van der Waals surface area contributed by atoms with Crippen LogP contribution in [0.25, 0.3) is 22.4 Å². The zero-order chi connectivity index (χ0) is 16.4. The second kappa shape index (κ2) is 5.96. The van der Waals surface area contributed by atoms with Crippen LogP contribution in [0.3, 0.4) is 0 Å². The quantitative estimate of drug-likeness (QED) is 0.619. The molecule has 0 fully saturated rings. The lowest BCUT2D eigenvalue weighted by Gasteiger charge is -2.08. The zero-order valence-electron chi connectivity index (χ0n) is 12.6. The van der Waals surface area contributed by atoms with E-state index in [1.165, 1.54) is 6.07 Å². The molecule has 0 amide bonds. The van der Waals surface area contributed by atoms with Crippen LogP contribution in [0.1, 0.15) is 0 Å². The summed E-state index contributed by atoms with van der Waals surface area (Å²) in [5, 5.41) is 3.66. The monoisotopic (exact) mass is 315 g/mol. The molecular formula is C19H13N3O2. The Labute approximate surface area is 137 Å². The van der Waals surface area contributed by atoms with E-state index < -0.39 is 0 Å². The maximum atomic E-state index is 12.4. The summed E-state index contributed by atoms with van der Waals surface area (Å²) in [7, 11) is 0. The van der Waals surface area contributed by atoms with E-state index in [0.717, 1.165) is 5.69 Å². The molecule has 1 N–H and O–H groups in total. The Morgan fingerprint density at radius 1 is 0.875 bits per heavy atom. The van der Waals surface area contributed by atoms with Gasteiger partial charge in [-0.15, -0.1) is 0 Å². The topological polar surface area (TPSA) is 68.0 Å². The summed E-state index contributed by atoms with van der Waals surface area (Å²) in [6, 6.07) is 18.2. The van der Waals surface area contributed by atoms with Crippen molar-refractivity contribution in [3.63, 3.8) is 0 Å². The predicted octanol–water partition coefficient (Wildman–Crippen LogP) is 3.99. The highest BCUT2D eigenvalue weighted by Crippen LogP contribution is 2.26. The number of para-hydroxylation sites is 1. The Kier molecular flexibility index (Phi) is 3.51. The van der Waals surface area contributed by atoms with E-state index in [4.69, 9.17) is 4.42 Å². The number of fused-ring (bicyclic) bond motifs is 1. The van der Waals surface area contributed by atoms with Crippen LogP contribution in [0.2, 0.25) is 0 Å². The number of nitrogens with zero attached hydrogens (tertiary/aromatic N) is 2. The first-order valence-electron chi connectivity index (χ1n) is 7.47. The predicted molar refractivity (Wildman–Crippen MR) is 93.2 cm³/mol. The van der Waals surface area contributed by atoms with Gasteiger partial charge in [0.15, 0.2) is 22.6 Å². The molecule has 0 saturated carbocycles. The summed E-state index contributed by atoms with van der Waals surface area (Å²) in [6.07, 6.45) is 3.25. The summed E-state index contributed by atoms with van der Waals surface area (Å²) in [4.78, 5) is 21.0. The van der Waals surface area contributed by atoms with Crippen molar-refractivity contribution in [3.05, 3.63) is 83.3 Å². The van der Waals surface area contributed by atoms with Gasteiger partial charge in [0.2, 0.25) is 0 Å². The molecule has 0 saturated heterocycles. The zero-order valence-corrected chi connectivity index (χ0v) is 12.6. The highest BCUT2D eigenvalue weighted by atomic mass is 16.3. The first-order chi connectivity index (χ1) is 11.8. The molecule has 0 spiro atoms. The molecule has 24 heavy (non-hydrogen) atoms. The molecule has 0 radical (unpaired) electrons. The number of nitrogens with one attached hydrogen (secondary N) is 1. The van der Waals surface area contributed by atoms with Gasteiger partial charge in [0, 0.05) is 24.1 Å². The van der Waals surface area contributed by atoms with E-state index >= 15 is 0 Å².